The highest BCUT2D eigenvalue weighted by molar-refractivity contribution is 5.84. The van der Waals surface area contributed by atoms with Crippen LogP contribution in [0.3, 0.4) is 0 Å². The lowest BCUT2D eigenvalue weighted by Crippen LogP contribution is -2.47. The van der Waals surface area contributed by atoms with E-state index in [1.54, 1.807) is 0 Å². The van der Waals surface area contributed by atoms with Crippen molar-refractivity contribution in [3.8, 4) is 0 Å². The predicted octanol–water partition coefficient (Wildman–Crippen LogP) is 1.10. The van der Waals surface area contributed by atoms with Crippen molar-refractivity contribution >= 4 is 16.8 Å². The van der Waals surface area contributed by atoms with Crippen molar-refractivity contribution < 1.29 is 4.79 Å². The highest BCUT2D eigenvalue weighted by Gasteiger charge is 2.18. The molecule has 88 valence electrons. The fourth-order valence-corrected chi connectivity index (χ4v) is 2.28. The third-order valence-corrected chi connectivity index (χ3v) is 3.22. The minimum Gasteiger partial charge on any atom is -0.361 e. The number of nitrogens with one attached hydrogen (secondary N) is 2. The van der Waals surface area contributed by atoms with Crippen molar-refractivity contribution in [2.75, 3.05) is 19.6 Å². The van der Waals surface area contributed by atoms with Crippen molar-refractivity contribution in [1.82, 2.24) is 15.2 Å². The predicted molar refractivity (Wildman–Crippen MR) is 66.6 cm³/mol. The molecule has 2 aromatic rings. The number of hydrogen-bond donors (Lipinski definition) is 2. The summed E-state index contributed by atoms with van der Waals surface area (Å²) in [6.07, 6.45) is 2.00. The van der Waals surface area contributed by atoms with Gasteiger partial charge in [0.2, 0.25) is 5.91 Å². The zero-order valence-corrected chi connectivity index (χ0v) is 9.57. The maximum absolute atomic E-state index is 11.7. The van der Waals surface area contributed by atoms with E-state index in [0.29, 0.717) is 13.1 Å². The van der Waals surface area contributed by atoms with E-state index in [2.05, 4.69) is 22.4 Å². The fourth-order valence-electron chi connectivity index (χ4n) is 2.28. The third-order valence-electron chi connectivity index (χ3n) is 3.22. The van der Waals surface area contributed by atoms with E-state index in [1.165, 1.54) is 10.9 Å². The normalized spacial score (nSPS) is 16.7. The lowest BCUT2D eigenvalue weighted by atomic mass is 10.1. The van der Waals surface area contributed by atoms with Crippen LogP contribution in [0.1, 0.15) is 5.56 Å². The number of carbonyl (C=O) groups is 1. The van der Waals surface area contributed by atoms with Gasteiger partial charge in [0.1, 0.15) is 0 Å². The molecule has 1 amide bonds. The second kappa shape index (κ2) is 4.22. The summed E-state index contributed by atoms with van der Waals surface area (Å²) in [4.78, 5) is 16.9. The van der Waals surface area contributed by atoms with Crippen LogP contribution in [0.25, 0.3) is 10.9 Å². The molecule has 2 N–H and O–H groups in total. The summed E-state index contributed by atoms with van der Waals surface area (Å²) in [5, 5.41) is 4.29. The number of nitrogens with zero attached hydrogens (tertiary/aromatic N) is 1. The average molecular weight is 229 g/mol. The molecule has 1 aliphatic heterocycles. The van der Waals surface area contributed by atoms with Crippen LogP contribution < -0.4 is 5.32 Å². The Morgan fingerprint density at radius 1 is 1.29 bits per heavy atom. The molecule has 1 aromatic heterocycles. The van der Waals surface area contributed by atoms with Crippen molar-refractivity contribution in [3.05, 3.63) is 36.0 Å². The maximum Gasteiger partial charge on any atom is 0.236 e. The van der Waals surface area contributed by atoms with Crippen molar-refractivity contribution in [3.63, 3.8) is 0 Å². The van der Waals surface area contributed by atoms with E-state index in [-0.39, 0.29) is 5.91 Å². The fraction of sp³-hybridized carbons (Fsp3) is 0.308. The first-order valence-electron chi connectivity index (χ1n) is 5.88. The van der Waals surface area contributed by atoms with Crippen LogP contribution in [0.15, 0.2) is 30.5 Å². The number of para-hydroxylation sites is 1. The van der Waals surface area contributed by atoms with E-state index >= 15 is 0 Å². The van der Waals surface area contributed by atoms with Crippen LogP contribution in [-0.2, 0) is 11.3 Å². The SMILES string of the molecule is O=C1CNCCN1Cc1c[nH]c2ccccc12. The largest absolute Gasteiger partial charge is 0.361 e. The van der Waals surface area contributed by atoms with E-state index in [4.69, 9.17) is 0 Å². The number of aromatic nitrogens is 1. The van der Waals surface area contributed by atoms with Gasteiger partial charge in [-0.2, -0.15) is 0 Å². The first-order valence-corrected chi connectivity index (χ1v) is 5.88. The monoisotopic (exact) mass is 229 g/mol. The highest BCUT2D eigenvalue weighted by Crippen LogP contribution is 2.19. The van der Waals surface area contributed by atoms with E-state index < -0.39 is 0 Å². The quantitative estimate of drug-likeness (QED) is 0.810. The van der Waals surface area contributed by atoms with Gasteiger partial charge in [-0.25, -0.2) is 0 Å². The molecule has 4 heteroatoms. The smallest absolute Gasteiger partial charge is 0.236 e. The molecule has 0 unspecified atom stereocenters. The lowest BCUT2D eigenvalue weighted by molar-refractivity contribution is -0.132. The van der Waals surface area contributed by atoms with Crippen molar-refractivity contribution in [2.24, 2.45) is 0 Å². The molecule has 1 aromatic carbocycles. The summed E-state index contributed by atoms with van der Waals surface area (Å²) in [5.41, 5.74) is 2.32. The van der Waals surface area contributed by atoms with Crippen LogP contribution in [0.2, 0.25) is 0 Å². The van der Waals surface area contributed by atoms with Crippen molar-refractivity contribution in [2.45, 2.75) is 6.54 Å². The highest BCUT2D eigenvalue weighted by atomic mass is 16.2. The van der Waals surface area contributed by atoms with Gasteiger partial charge in [0, 0.05) is 36.7 Å². The molecule has 1 aliphatic rings. The summed E-state index contributed by atoms with van der Waals surface area (Å²) < 4.78 is 0. The summed E-state index contributed by atoms with van der Waals surface area (Å²) in [6.45, 7) is 2.83. The van der Waals surface area contributed by atoms with Crippen LogP contribution in [-0.4, -0.2) is 35.4 Å². The van der Waals surface area contributed by atoms with Crippen LogP contribution in [0, 0.1) is 0 Å². The standard InChI is InChI=1S/C13H15N3O/c17-13-8-14-5-6-16(13)9-10-7-15-12-4-2-1-3-11(10)12/h1-4,7,14-15H,5-6,8-9H2. The zero-order valence-electron chi connectivity index (χ0n) is 9.57. The Labute approximate surface area is 99.6 Å². The number of aromatic amines is 1. The number of benzene rings is 1. The first kappa shape index (κ1) is 10.4. The molecule has 0 atom stereocenters. The number of carbonyl (C=O) groups excluding carboxylic acids is 1. The molecule has 2 heterocycles. The number of rotatable bonds is 2. The van der Waals surface area contributed by atoms with Gasteiger partial charge in [0.25, 0.3) is 0 Å². The molecule has 3 rings (SSSR count). The molecular formula is C13H15N3O. The second-order valence-electron chi connectivity index (χ2n) is 4.35. The van der Waals surface area contributed by atoms with Gasteiger partial charge >= 0.3 is 0 Å². The van der Waals surface area contributed by atoms with E-state index in [9.17, 15) is 4.79 Å². The summed E-state index contributed by atoms with van der Waals surface area (Å²) in [6, 6.07) is 8.18. The molecule has 1 saturated heterocycles. The lowest BCUT2D eigenvalue weighted by Gasteiger charge is -2.27. The zero-order chi connectivity index (χ0) is 11.7. The number of H-pyrrole nitrogens is 1. The van der Waals surface area contributed by atoms with Gasteiger partial charge in [-0.05, 0) is 11.6 Å². The Balaban J connectivity index is 1.87. The molecule has 0 radical (unpaired) electrons. The Morgan fingerprint density at radius 2 is 2.18 bits per heavy atom. The van der Waals surface area contributed by atoms with Gasteiger partial charge in [-0.15, -0.1) is 0 Å². The molecule has 0 bridgehead atoms. The minimum atomic E-state index is 0.182. The Kier molecular flexibility index (Phi) is 2.57. The average Bonchev–Trinajstić information content (AvgIpc) is 2.76. The molecular weight excluding hydrogens is 214 g/mol. The van der Waals surface area contributed by atoms with Gasteiger partial charge in [-0.3, -0.25) is 4.79 Å². The molecule has 0 spiro atoms. The third kappa shape index (κ3) is 1.91. The summed E-state index contributed by atoms with van der Waals surface area (Å²) in [7, 11) is 0. The number of amides is 1. The molecule has 4 nitrogen and oxygen atoms in total. The molecule has 0 aliphatic carbocycles. The van der Waals surface area contributed by atoms with E-state index in [1.807, 2.05) is 23.2 Å². The van der Waals surface area contributed by atoms with Crippen LogP contribution in [0.4, 0.5) is 0 Å². The van der Waals surface area contributed by atoms with Gasteiger partial charge < -0.3 is 15.2 Å². The number of piperazine rings is 1. The van der Waals surface area contributed by atoms with Gasteiger partial charge in [-0.1, -0.05) is 18.2 Å². The molecule has 17 heavy (non-hydrogen) atoms. The summed E-state index contributed by atoms with van der Waals surface area (Å²) >= 11 is 0. The van der Waals surface area contributed by atoms with Crippen LogP contribution in [0.5, 0.6) is 0 Å². The van der Waals surface area contributed by atoms with Crippen LogP contribution >= 0.6 is 0 Å². The second-order valence-corrected chi connectivity index (χ2v) is 4.35. The van der Waals surface area contributed by atoms with Crippen molar-refractivity contribution in [1.29, 1.82) is 0 Å². The maximum atomic E-state index is 11.7. The van der Waals surface area contributed by atoms with Gasteiger partial charge in [0.05, 0.1) is 6.54 Å². The Morgan fingerprint density at radius 3 is 3.06 bits per heavy atom. The number of fused-ring (bicyclic) bond motifs is 1. The molecule has 0 saturated carbocycles. The first-order chi connectivity index (χ1) is 8.34. The Hall–Kier alpha value is -1.81. The Bertz CT molecular complexity index is 546. The minimum absolute atomic E-state index is 0.182. The summed E-state index contributed by atoms with van der Waals surface area (Å²) in [5.74, 6) is 0.182. The number of hydrogen-bond acceptors (Lipinski definition) is 2. The molecule has 1 fully saturated rings. The topological polar surface area (TPSA) is 48.1 Å². The van der Waals surface area contributed by atoms with E-state index in [0.717, 1.165) is 18.6 Å². The van der Waals surface area contributed by atoms with Gasteiger partial charge in [0.15, 0.2) is 0 Å².